The van der Waals surface area contributed by atoms with E-state index in [4.69, 9.17) is 42.6 Å². The van der Waals surface area contributed by atoms with Gasteiger partial charge < -0.3 is 42.6 Å². The molecule has 0 N–H and O–H groups in total. The predicted molar refractivity (Wildman–Crippen MR) is 160 cm³/mol. The van der Waals surface area contributed by atoms with Crippen LogP contribution in [0.25, 0.3) is 0 Å². The fraction of sp³-hybridized carbons (Fsp3) is 0.455. The van der Waals surface area contributed by atoms with Crippen molar-refractivity contribution in [1.29, 1.82) is 0 Å². The summed E-state index contributed by atoms with van der Waals surface area (Å²) in [6, 6.07) is 12.4. The van der Waals surface area contributed by atoms with Gasteiger partial charge in [0.2, 0.25) is 0 Å². The number of ether oxygens (including phenoxy) is 9. The predicted octanol–water partition coefficient (Wildman–Crippen LogP) is 4.87. The Labute approximate surface area is 248 Å². The van der Waals surface area contributed by atoms with Gasteiger partial charge in [-0.15, -0.1) is 0 Å². The zero-order valence-electron chi connectivity index (χ0n) is 25.5. The molecule has 1 aliphatic rings. The molecule has 0 heterocycles. The summed E-state index contributed by atoms with van der Waals surface area (Å²) in [7, 11) is 9.94. The molecule has 0 saturated carbocycles. The fourth-order valence-electron chi connectivity index (χ4n) is 5.06. The van der Waals surface area contributed by atoms with Gasteiger partial charge in [0.25, 0.3) is 0 Å². The topological polar surface area (TPSA) is 83.1 Å². The van der Waals surface area contributed by atoms with Crippen LogP contribution in [0.4, 0.5) is 0 Å². The van der Waals surface area contributed by atoms with Crippen molar-refractivity contribution in [3.05, 3.63) is 69.8 Å². The Bertz CT molecular complexity index is 1160. The largest absolute Gasteiger partial charge is 0.493 e. The van der Waals surface area contributed by atoms with Crippen LogP contribution in [0, 0.1) is 0 Å². The molecular weight excluding hydrogens is 540 g/mol. The number of fused-ring (bicyclic) bond motifs is 3. The van der Waals surface area contributed by atoms with E-state index in [0.29, 0.717) is 93.4 Å². The molecule has 4 rings (SSSR count). The number of benzene rings is 3. The van der Waals surface area contributed by atoms with Crippen molar-refractivity contribution in [2.45, 2.75) is 19.3 Å². The SMILES string of the molecule is COCCOc1cc2c(cc1OC)Cc1cc(OCCOC)c(OC)cc1Cc1cc(OCCOC)c(OC)cc1C2. The van der Waals surface area contributed by atoms with E-state index in [9.17, 15) is 0 Å². The van der Waals surface area contributed by atoms with E-state index in [1.165, 1.54) is 0 Å². The van der Waals surface area contributed by atoms with E-state index in [0.717, 1.165) is 33.4 Å². The number of hydrogen-bond acceptors (Lipinski definition) is 9. The molecule has 228 valence electrons. The Kier molecular flexibility index (Phi) is 11.6. The average Bonchev–Trinajstić information content (AvgIpc) is 3.05. The lowest BCUT2D eigenvalue weighted by atomic mass is 9.94. The highest BCUT2D eigenvalue weighted by Gasteiger charge is 2.22. The molecule has 0 unspecified atom stereocenters. The Morgan fingerprint density at radius 1 is 0.357 bits per heavy atom. The summed E-state index contributed by atoms with van der Waals surface area (Å²) < 4.78 is 51.0. The summed E-state index contributed by atoms with van der Waals surface area (Å²) in [5, 5.41) is 0. The van der Waals surface area contributed by atoms with Crippen LogP contribution < -0.4 is 28.4 Å². The molecule has 0 amide bonds. The molecule has 1 aliphatic carbocycles. The molecule has 0 aromatic heterocycles. The molecule has 9 heteroatoms. The highest BCUT2D eigenvalue weighted by atomic mass is 16.5. The second-order valence-corrected chi connectivity index (χ2v) is 9.87. The van der Waals surface area contributed by atoms with Gasteiger partial charge in [0.05, 0.1) is 41.2 Å². The summed E-state index contributed by atoms with van der Waals surface area (Å²) >= 11 is 0. The van der Waals surface area contributed by atoms with Crippen molar-refractivity contribution >= 4 is 0 Å². The molecule has 42 heavy (non-hydrogen) atoms. The molecule has 0 fully saturated rings. The minimum Gasteiger partial charge on any atom is -0.493 e. The lowest BCUT2D eigenvalue weighted by Gasteiger charge is -2.18. The summed E-state index contributed by atoms with van der Waals surface area (Å²) in [4.78, 5) is 0. The fourth-order valence-corrected chi connectivity index (χ4v) is 5.06. The van der Waals surface area contributed by atoms with Crippen LogP contribution in [0.1, 0.15) is 33.4 Å². The molecule has 0 aliphatic heterocycles. The van der Waals surface area contributed by atoms with Gasteiger partial charge in [-0.05, 0) is 89.0 Å². The summed E-state index contributed by atoms with van der Waals surface area (Å²) in [5.74, 6) is 4.07. The maximum Gasteiger partial charge on any atom is 0.161 e. The maximum absolute atomic E-state index is 6.06. The van der Waals surface area contributed by atoms with E-state index in [1.807, 2.05) is 0 Å². The van der Waals surface area contributed by atoms with Gasteiger partial charge in [-0.2, -0.15) is 0 Å². The molecule has 3 aromatic rings. The summed E-state index contributed by atoms with van der Waals surface area (Å²) in [5.41, 5.74) is 6.78. The van der Waals surface area contributed by atoms with Crippen LogP contribution in [0.3, 0.4) is 0 Å². The van der Waals surface area contributed by atoms with Gasteiger partial charge in [0.1, 0.15) is 19.8 Å². The van der Waals surface area contributed by atoms with Crippen LogP contribution in [0.15, 0.2) is 36.4 Å². The van der Waals surface area contributed by atoms with Crippen molar-refractivity contribution in [1.82, 2.24) is 0 Å². The average molecular weight is 583 g/mol. The first kappa shape index (κ1) is 31.3. The second kappa shape index (κ2) is 15.5. The third-order valence-electron chi connectivity index (χ3n) is 7.24. The number of methoxy groups -OCH3 is 6. The summed E-state index contributed by atoms with van der Waals surface area (Å²) in [6.45, 7) is 2.70. The molecule has 9 nitrogen and oxygen atoms in total. The standard InChI is InChI=1S/C33H42O9/c1-34-7-10-40-31-19-25-13-23-17-29(38-5)33(42-12-9-36-3)21-27(23)15-24-18-30(39-6)32(41-11-8-35-2)20-26(24)14-22(25)16-28(31)37-4/h16-21H,7-15H2,1-6H3. The number of rotatable bonds is 15. The van der Waals surface area contributed by atoms with E-state index in [-0.39, 0.29) is 0 Å². The van der Waals surface area contributed by atoms with Crippen LogP contribution in [0.5, 0.6) is 34.5 Å². The minimum absolute atomic E-state index is 0.420. The molecule has 0 radical (unpaired) electrons. The summed E-state index contributed by atoms with van der Waals surface area (Å²) in [6.07, 6.45) is 2.02. The van der Waals surface area contributed by atoms with Crippen LogP contribution in [-0.4, -0.2) is 82.3 Å². The smallest absolute Gasteiger partial charge is 0.161 e. The van der Waals surface area contributed by atoms with Gasteiger partial charge >= 0.3 is 0 Å². The highest BCUT2D eigenvalue weighted by molar-refractivity contribution is 5.58. The molecule has 0 bridgehead atoms. The lowest BCUT2D eigenvalue weighted by molar-refractivity contribution is 0.144. The van der Waals surface area contributed by atoms with Crippen molar-refractivity contribution in [2.75, 3.05) is 82.3 Å². The van der Waals surface area contributed by atoms with E-state index < -0.39 is 0 Å². The lowest BCUT2D eigenvalue weighted by Crippen LogP contribution is -2.08. The third kappa shape index (κ3) is 7.59. The number of hydrogen-bond donors (Lipinski definition) is 0. The second-order valence-electron chi connectivity index (χ2n) is 9.87. The highest BCUT2D eigenvalue weighted by Crippen LogP contribution is 2.40. The van der Waals surface area contributed by atoms with Gasteiger partial charge in [-0.25, -0.2) is 0 Å². The van der Waals surface area contributed by atoms with E-state index >= 15 is 0 Å². The van der Waals surface area contributed by atoms with Crippen molar-refractivity contribution in [3.8, 4) is 34.5 Å². The van der Waals surface area contributed by atoms with E-state index in [2.05, 4.69) is 36.4 Å². The van der Waals surface area contributed by atoms with Crippen molar-refractivity contribution in [3.63, 3.8) is 0 Å². The van der Waals surface area contributed by atoms with Gasteiger partial charge in [-0.1, -0.05) is 0 Å². The normalized spacial score (nSPS) is 12.1. The quantitative estimate of drug-likeness (QED) is 0.182. The first-order valence-corrected chi connectivity index (χ1v) is 14.0. The monoisotopic (exact) mass is 582 g/mol. The third-order valence-corrected chi connectivity index (χ3v) is 7.24. The Morgan fingerprint density at radius 3 is 0.810 bits per heavy atom. The molecule has 0 spiro atoms. The molecule has 0 atom stereocenters. The Hall–Kier alpha value is -3.66. The Balaban J connectivity index is 1.87. The first-order chi connectivity index (χ1) is 20.5. The maximum atomic E-state index is 6.06. The van der Waals surface area contributed by atoms with E-state index in [1.54, 1.807) is 42.7 Å². The first-order valence-electron chi connectivity index (χ1n) is 14.0. The Morgan fingerprint density at radius 2 is 0.595 bits per heavy atom. The molecule has 0 saturated heterocycles. The van der Waals surface area contributed by atoms with Gasteiger partial charge in [0.15, 0.2) is 34.5 Å². The van der Waals surface area contributed by atoms with Crippen LogP contribution in [-0.2, 0) is 33.5 Å². The zero-order chi connectivity index (χ0) is 29.9. The zero-order valence-corrected chi connectivity index (χ0v) is 25.5. The van der Waals surface area contributed by atoms with Crippen molar-refractivity contribution < 1.29 is 42.6 Å². The van der Waals surface area contributed by atoms with Crippen LogP contribution >= 0.6 is 0 Å². The minimum atomic E-state index is 0.420. The van der Waals surface area contributed by atoms with Crippen LogP contribution in [0.2, 0.25) is 0 Å². The van der Waals surface area contributed by atoms with Gasteiger partial charge in [0, 0.05) is 21.3 Å². The molecule has 3 aromatic carbocycles. The van der Waals surface area contributed by atoms with Crippen molar-refractivity contribution in [2.24, 2.45) is 0 Å². The molecular formula is C33H42O9. The van der Waals surface area contributed by atoms with Gasteiger partial charge in [-0.3, -0.25) is 0 Å².